The number of benzene rings is 4. The van der Waals surface area contributed by atoms with Gasteiger partial charge in [-0.3, -0.25) is 18.4 Å². The highest BCUT2D eigenvalue weighted by Gasteiger charge is 2.32. The van der Waals surface area contributed by atoms with Gasteiger partial charge in [0.25, 0.3) is 18.1 Å². The normalized spacial score (nSPS) is 13.8. The van der Waals surface area contributed by atoms with E-state index >= 15 is 4.39 Å². The summed E-state index contributed by atoms with van der Waals surface area (Å²) in [6.45, 7) is 2.51. The second-order valence-electron chi connectivity index (χ2n) is 18.0. The average Bonchev–Trinajstić information content (AvgIpc) is 4.13. The van der Waals surface area contributed by atoms with Gasteiger partial charge in [0, 0.05) is 68.9 Å². The number of carbonyl (C=O) groups is 2. The molecular weight excluding hydrogens is 883 g/mol. The smallest absolute Gasteiger partial charge is 0.274 e. The first-order valence-electron chi connectivity index (χ1n) is 22.2. The summed E-state index contributed by atoms with van der Waals surface area (Å²) in [4.78, 5) is 54.6. The van der Waals surface area contributed by atoms with Crippen LogP contribution in [0.5, 0.6) is 0 Å². The summed E-state index contributed by atoms with van der Waals surface area (Å²) in [5, 5.41) is 10.6. The number of imidazole rings is 4. The zero-order chi connectivity index (χ0) is 48.0. The third-order valence-electron chi connectivity index (χ3n) is 12.8. The molecule has 1 fully saturated rings. The number of hydrogen-bond donors (Lipinski definition) is 3. The third-order valence-corrected chi connectivity index (χ3v) is 12.8. The van der Waals surface area contributed by atoms with Gasteiger partial charge in [0.2, 0.25) is 5.82 Å². The molecule has 6 aromatic heterocycles. The Labute approximate surface area is 392 Å². The zero-order valence-corrected chi connectivity index (χ0v) is 38.2. The van der Waals surface area contributed by atoms with Gasteiger partial charge in [-0.1, -0.05) is 18.2 Å². The quantitative estimate of drug-likeness (QED) is 0.142. The standard InChI is InChI=1S/C50H45F2N14O3/c1-50(69)17-19-63(20-18-50)49(68)36-25-64-42(40(57-44(53)46(64)55-36)28-9-13-32(51)14-10-28)31-12-16-37-39(23-31)62(5)27-66(37)59-45-47-56-35(48(67)60(2)3)24-65(47)43(41(58-45)29-7-6-8-33(52)21-29)30-11-15-34-38(22-30)61(4)26-54-34/h6-16,21-27,69H,17-20H2,1-5H3,(H2,53,57)(H,58,59)/q+1. The van der Waals surface area contributed by atoms with Gasteiger partial charge in [-0.15, -0.1) is 4.68 Å². The van der Waals surface area contributed by atoms with Crippen LogP contribution in [0.2, 0.25) is 0 Å². The summed E-state index contributed by atoms with van der Waals surface area (Å²) < 4.78 is 38.6. The first-order valence-corrected chi connectivity index (χ1v) is 22.2. The largest absolute Gasteiger partial charge is 0.390 e. The van der Waals surface area contributed by atoms with Crippen LogP contribution in [0.3, 0.4) is 0 Å². The third kappa shape index (κ3) is 7.43. The molecule has 69 heavy (non-hydrogen) atoms. The van der Waals surface area contributed by atoms with Crippen molar-refractivity contribution in [3.8, 4) is 45.0 Å². The minimum absolute atomic E-state index is 0.0788. The predicted octanol–water partition coefficient (Wildman–Crippen LogP) is 6.53. The van der Waals surface area contributed by atoms with Crippen molar-refractivity contribution in [2.75, 3.05) is 38.3 Å². The molecule has 0 radical (unpaired) electrons. The number of carbonyl (C=O) groups excluding carboxylic acids is 2. The molecule has 0 saturated carbocycles. The number of aryl methyl sites for hydroxylation is 2. The Hall–Kier alpha value is -8.58. The molecule has 2 amide bonds. The molecule has 0 unspecified atom stereocenters. The number of rotatable bonds is 8. The van der Waals surface area contributed by atoms with Crippen molar-refractivity contribution >= 4 is 56.8 Å². The fraction of sp³-hybridized carbons (Fsp3) is 0.200. The Morgan fingerprint density at radius 2 is 1.41 bits per heavy atom. The molecule has 10 aromatic rings. The summed E-state index contributed by atoms with van der Waals surface area (Å²) in [5.74, 6) is -1.13. The van der Waals surface area contributed by atoms with E-state index in [2.05, 4.69) is 15.4 Å². The van der Waals surface area contributed by atoms with E-state index in [-0.39, 0.29) is 40.5 Å². The minimum atomic E-state index is -0.852. The number of fused-ring (bicyclic) bond motifs is 4. The lowest BCUT2D eigenvalue weighted by atomic mass is 9.94. The highest BCUT2D eigenvalue weighted by atomic mass is 19.1. The van der Waals surface area contributed by atoms with Crippen molar-refractivity contribution in [2.45, 2.75) is 25.4 Å². The summed E-state index contributed by atoms with van der Waals surface area (Å²) >= 11 is 0. The number of anilines is 2. The molecule has 346 valence electrons. The molecule has 11 rings (SSSR count). The number of halogens is 2. The molecular formula is C50H45F2N14O3+. The lowest BCUT2D eigenvalue weighted by Crippen LogP contribution is -2.45. The van der Waals surface area contributed by atoms with Gasteiger partial charge < -0.3 is 25.2 Å². The topological polar surface area (TPSA) is 186 Å². The fourth-order valence-corrected chi connectivity index (χ4v) is 9.11. The molecule has 0 bridgehead atoms. The number of nitrogen functional groups attached to an aromatic ring is 1. The second kappa shape index (κ2) is 16.0. The van der Waals surface area contributed by atoms with Crippen LogP contribution in [0, 0.1) is 11.6 Å². The van der Waals surface area contributed by atoms with E-state index in [1.807, 2.05) is 70.4 Å². The van der Waals surface area contributed by atoms with Crippen LogP contribution in [0.4, 0.5) is 20.4 Å². The number of piperidine rings is 1. The van der Waals surface area contributed by atoms with Crippen LogP contribution >= 0.6 is 0 Å². The Bertz CT molecular complexity index is 3730. The first kappa shape index (κ1) is 43.0. The van der Waals surface area contributed by atoms with E-state index in [4.69, 9.17) is 20.7 Å². The molecule has 0 spiro atoms. The maximum absolute atomic E-state index is 15.1. The molecule has 0 aliphatic carbocycles. The van der Waals surface area contributed by atoms with Gasteiger partial charge in [-0.2, -0.15) is 0 Å². The van der Waals surface area contributed by atoms with Crippen LogP contribution in [0.15, 0.2) is 110 Å². The molecule has 1 saturated heterocycles. The van der Waals surface area contributed by atoms with Crippen LogP contribution < -0.4 is 15.8 Å². The van der Waals surface area contributed by atoms with Crippen LogP contribution in [-0.2, 0) is 14.1 Å². The van der Waals surface area contributed by atoms with E-state index in [0.717, 1.165) is 22.1 Å². The number of hydrogen-bond acceptors (Lipinski definition) is 10. The number of amides is 2. The number of aromatic nitrogens is 10. The summed E-state index contributed by atoms with van der Waals surface area (Å²) in [6.07, 6.45) is 7.75. The Kier molecular flexibility index (Phi) is 10.0. The molecule has 1 aliphatic heterocycles. The van der Waals surface area contributed by atoms with Crippen molar-refractivity contribution in [3.63, 3.8) is 0 Å². The van der Waals surface area contributed by atoms with Crippen LogP contribution in [-0.4, -0.2) is 102 Å². The van der Waals surface area contributed by atoms with Crippen molar-refractivity contribution in [3.05, 3.63) is 133 Å². The van der Waals surface area contributed by atoms with Crippen molar-refractivity contribution in [2.24, 2.45) is 14.1 Å². The van der Waals surface area contributed by atoms with Gasteiger partial charge in [-0.05, 0) is 86.5 Å². The molecule has 4 aromatic carbocycles. The van der Waals surface area contributed by atoms with Crippen molar-refractivity contribution in [1.29, 1.82) is 0 Å². The molecule has 1 aliphatic rings. The second-order valence-corrected chi connectivity index (χ2v) is 18.0. The fourth-order valence-electron chi connectivity index (χ4n) is 9.11. The SMILES string of the molecule is CN(C)C(=O)c1cn2c(-c3ccc4ncn(C)c4c3)c(-c3cccc(F)c3)nc(N[n+]3cn(C)c4cc(-c5c(-c6ccc(F)cc6)nc(N)c6nc(C(=O)N7CCC(C)(O)CC7)cn56)ccc43)c2n1. The van der Waals surface area contributed by atoms with Gasteiger partial charge in [-0.25, -0.2) is 43.7 Å². The molecule has 4 N–H and O–H groups in total. The zero-order valence-electron chi connectivity index (χ0n) is 38.2. The van der Waals surface area contributed by atoms with Crippen molar-refractivity contribution in [1.82, 2.24) is 52.7 Å². The summed E-state index contributed by atoms with van der Waals surface area (Å²) in [5.41, 5.74) is 17.7. The van der Waals surface area contributed by atoms with E-state index in [1.54, 1.807) is 78.0 Å². The summed E-state index contributed by atoms with van der Waals surface area (Å²) in [7, 11) is 7.10. The van der Waals surface area contributed by atoms with E-state index in [9.17, 15) is 19.1 Å². The Morgan fingerprint density at radius 3 is 2.13 bits per heavy atom. The molecule has 7 heterocycles. The molecule has 0 atom stereocenters. The lowest BCUT2D eigenvalue weighted by Gasteiger charge is -2.35. The number of likely N-dealkylation sites (tertiary alicyclic amines) is 1. The molecule has 19 heteroatoms. The number of nitrogens with zero attached hydrogens (tertiary/aromatic N) is 12. The van der Waals surface area contributed by atoms with E-state index in [0.29, 0.717) is 76.6 Å². The number of nitrogens with one attached hydrogen (secondary N) is 1. The molecule has 17 nitrogen and oxygen atoms in total. The van der Waals surface area contributed by atoms with Gasteiger partial charge >= 0.3 is 0 Å². The van der Waals surface area contributed by atoms with Crippen LogP contribution in [0.25, 0.3) is 78.4 Å². The lowest BCUT2D eigenvalue weighted by molar-refractivity contribution is -0.616. The predicted molar refractivity (Wildman–Crippen MR) is 256 cm³/mol. The average molecular weight is 928 g/mol. The van der Waals surface area contributed by atoms with Gasteiger partial charge in [0.05, 0.1) is 52.8 Å². The van der Waals surface area contributed by atoms with Crippen molar-refractivity contribution < 1.29 is 28.2 Å². The summed E-state index contributed by atoms with van der Waals surface area (Å²) in [6, 6.07) is 23.7. The highest BCUT2D eigenvalue weighted by molar-refractivity contribution is 5.96. The number of aliphatic hydroxyl groups is 1. The minimum Gasteiger partial charge on any atom is -0.390 e. The number of nitrogens with two attached hydrogens (primary N) is 1. The van der Waals surface area contributed by atoms with E-state index < -0.39 is 17.2 Å². The monoisotopic (exact) mass is 927 g/mol. The highest BCUT2D eigenvalue weighted by Crippen LogP contribution is 2.38. The van der Waals surface area contributed by atoms with Crippen LogP contribution in [0.1, 0.15) is 40.7 Å². The van der Waals surface area contributed by atoms with E-state index in [1.165, 1.54) is 29.2 Å². The maximum atomic E-state index is 15.1. The van der Waals surface area contributed by atoms with Gasteiger partial charge in [0.15, 0.2) is 28.1 Å². The Morgan fingerprint density at radius 1 is 0.754 bits per heavy atom. The Balaban J connectivity index is 1.07. The first-order chi connectivity index (χ1) is 33.1. The maximum Gasteiger partial charge on any atom is 0.274 e. The van der Waals surface area contributed by atoms with Gasteiger partial charge in [0.1, 0.15) is 23.0 Å².